The highest BCUT2D eigenvalue weighted by Crippen LogP contribution is 2.31. The predicted molar refractivity (Wildman–Crippen MR) is 75.6 cm³/mol. The van der Waals surface area contributed by atoms with E-state index in [1.54, 1.807) is 6.07 Å². The molecule has 5 heteroatoms. The molecular formula is C16H20FNO3. The van der Waals surface area contributed by atoms with Crippen molar-refractivity contribution in [1.29, 1.82) is 0 Å². The molecule has 1 aromatic rings. The van der Waals surface area contributed by atoms with Crippen LogP contribution in [0.15, 0.2) is 18.2 Å². The van der Waals surface area contributed by atoms with Crippen LogP contribution in [0.2, 0.25) is 0 Å². The summed E-state index contributed by atoms with van der Waals surface area (Å²) in [4.78, 5) is 14.5. The Bertz CT molecular complexity index is 534. The molecular weight excluding hydrogens is 273 g/mol. The van der Waals surface area contributed by atoms with Gasteiger partial charge in [-0.2, -0.15) is 0 Å². The van der Waals surface area contributed by atoms with Crippen molar-refractivity contribution in [1.82, 2.24) is 4.90 Å². The van der Waals surface area contributed by atoms with E-state index < -0.39 is 6.10 Å². The molecule has 0 saturated carbocycles. The van der Waals surface area contributed by atoms with Crippen LogP contribution in [0.3, 0.4) is 0 Å². The van der Waals surface area contributed by atoms with Gasteiger partial charge < -0.3 is 14.7 Å². The Hall–Kier alpha value is -1.62. The van der Waals surface area contributed by atoms with Crippen LogP contribution >= 0.6 is 0 Å². The Morgan fingerprint density at radius 2 is 2.33 bits per heavy atom. The molecule has 21 heavy (non-hydrogen) atoms. The number of benzene rings is 1. The zero-order valence-electron chi connectivity index (χ0n) is 11.9. The third-order valence-electron chi connectivity index (χ3n) is 4.33. The number of ether oxygens (including phenoxy) is 1. The maximum absolute atomic E-state index is 13.2. The Kier molecular flexibility index (Phi) is 4.10. The van der Waals surface area contributed by atoms with Crippen LogP contribution in [0, 0.1) is 5.82 Å². The number of halogens is 1. The lowest BCUT2D eigenvalue weighted by atomic mass is 10.1. The first-order chi connectivity index (χ1) is 10.2. The zero-order chi connectivity index (χ0) is 14.8. The van der Waals surface area contributed by atoms with Gasteiger partial charge in [0.1, 0.15) is 11.6 Å². The second kappa shape index (κ2) is 6.02. The minimum absolute atomic E-state index is 0.00736. The molecule has 0 bridgehead atoms. The molecule has 1 aromatic carbocycles. The molecule has 3 rings (SSSR count). The number of hydrogen-bond acceptors (Lipinski definition) is 3. The normalized spacial score (nSPS) is 24.0. The van der Waals surface area contributed by atoms with Crippen molar-refractivity contribution in [3.63, 3.8) is 0 Å². The molecule has 1 amide bonds. The van der Waals surface area contributed by atoms with Crippen molar-refractivity contribution in [3.8, 4) is 5.75 Å². The van der Waals surface area contributed by atoms with Gasteiger partial charge in [-0.3, -0.25) is 4.79 Å². The summed E-state index contributed by atoms with van der Waals surface area (Å²) in [6.45, 7) is 0.905. The van der Waals surface area contributed by atoms with Gasteiger partial charge in [-0.25, -0.2) is 4.39 Å². The standard InChI is InChI=1S/C16H20FNO3/c17-12-5-6-14-11(9-12)10-15(21-14)16(20)18-7-1-3-13(18)4-2-8-19/h5-6,9,13,15,19H,1-4,7-8,10H2. The molecule has 1 fully saturated rings. The quantitative estimate of drug-likeness (QED) is 0.922. The minimum Gasteiger partial charge on any atom is -0.480 e. The highest BCUT2D eigenvalue weighted by Gasteiger charge is 2.37. The Labute approximate surface area is 123 Å². The van der Waals surface area contributed by atoms with Crippen molar-refractivity contribution in [3.05, 3.63) is 29.6 Å². The molecule has 1 N–H and O–H groups in total. The second-order valence-corrected chi connectivity index (χ2v) is 5.76. The van der Waals surface area contributed by atoms with E-state index in [-0.39, 0.29) is 24.4 Å². The summed E-state index contributed by atoms with van der Waals surface area (Å²) < 4.78 is 18.9. The molecule has 0 aliphatic carbocycles. The molecule has 1 saturated heterocycles. The van der Waals surface area contributed by atoms with Crippen molar-refractivity contribution >= 4 is 5.91 Å². The monoisotopic (exact) mass is 293 g/mol. The van der Waals surface area contributed by atoms with E-state index in [1.165, 1.54) is 12.1 Å². The molecule has 2 aliphatic rings. The summed E-state index contributed by atoms with van der Waals surface area (Å²) in [5.41, 5.74) is 0.763. The van der Waals surface area contributed by atoms with Crippen LogP contribution in [-0.4, -0.2) is 41.2 Å². The number of nitrogens with zero attached hydrogens (tertiary/aromatic N) is 1. The van der Waals surface area contributed by atoms with Crippen LogP contribution in [0.1, 0.15) is 31.2 Å². The summed E-state index contributed by atoms with van der Waals surface area (Å²) in [6, 6.07) is 4.58. The SMILES string of the molecule is O=C(C1Cc2cc(F)ccc2O1)N1CCCC1CCCO. The number of likely N-dealkylation sites (tertiary alicyclic amines) is 1. The molecule has 0 radical (unpaired) electrons. The lowest BCUT2D eigenvalue weighted by Gasteiger charge is -2.27. The van der Waals surface area contributed by atoms with Crippen molar-refractivity contribution in [2.75, 3.05) is 13.2 Å². The fourth-order valence-corrected chi connectivity index (χ4v) is 3.29. The molecule has 2 heterocycles. The van der Waals surface area contributed by atoms with Crippen LogP contribution in [-0.2, 0) is 11.2 Å². The van der Waals surface area contributed by atoms with E-state index >= 15 is 0 Å². The lowest BCUT2D eigenvalue weighted by Crippen LogP contribution is -2.44. The number of rotatable bonds is 4. The summed E-state index contributed by atoms with van der Waals surface area (Å²) in [7, 11) is 0. The molecule has 0 spiro atoms. The maximum Gasteiger partial charge on any atom is 0.264 e. The van der Waals surface area contributed by atoms with E-state index in [0.29, 0.717) is 18.6 Å². The van der Waals surface area contributed by atoms with E-state index in [1.807, 2.05) is 4.90 Å². The Morgan fingerprint density at radius 1 is 1.48 bits per heavy atom. The number of hydrogen-bond donors (Lipinski definition) is 1. The predicted octanol–water partition coefficient (Wildman–Crippen LogP) is 1.89. The van der Waals surface area contributed by atoms with Gasteiger partial charge >= 0.3 is 0 Å². The molecule has 2 unspecified atom stereocenters. The molecule has 4 nitrogen and oxygen atoms in total. The summed E-state index contributed by atoms with van der Waals surface area (Å²) in [5.74, 6) is 0.306. The highest BCUT2D eigenvalue weighted by molar-refractivity contribution is 5.83. The molecule has 2 aliphatic heterocycles. The van der Waals surface area contributed by atoms with Gasteiger partial charge in [0.15, 0.2) is 6.10 Å². The average molecular weight is 293 g/mol. The Morgan fingerprint density at radius 3 is 3.14 bits per heavy atom. The lowest BCUT2D eigenvalue weighted by molar-refractivity contribution is -0.138. The summed E-state index contributed by atoms with van der Waals surface area (Å²) in [5, 5.41) is 8.94. The fourth-order valence-electron chi connectivity index (χ4n) is 3.29. The Balaban J connectivity index is 1.66. The van der Waals surface area contributed by atoms with Crippen molar-refractivity contribution < 1.29 is 19.0 Å². The van der Waals surface area contributed by atoms with E-state index in [9.17, 15) is 9.18 Å². The van der Waals surface area contributed by atoms with Gasteiger partial charge in [0, 0.05) is 31.2 Å². The van der Waals surface area contributed by atoms with E-state index in [4.69, 9.17) is 9.84 Å². The number of aliphatic hydroxyl groups is 1. The third kappa shape index (κ3) is 2.88. The van der Waals surface area contributed by atoms with Crippen LogP contribution in [0.5, 0.6) is 5.75 Å². The van der Waals surface area contributed by atoms with E-state index in [0.717, 1.165) is 31.4 Å². The topological polar surface area (TPSA) is 49.8 Å². The zero-order valence-corrected chi connectivity index (χ0v) is 11.9. The molecule has 114 valence electrons. The van der Waals surface area contributed by atoms with Crippen LogP contribution in [0.25, 0.3) is 0 Å². The third-order valence-corrected chi connectivity index (χ3v) is 4.33. The number of amides is 1. The molecule has 0 aromatic heterocycles. The number of aliphatic hydroxyl groups excluding tert-OH is 1. The number of carbonyl (C=O) groups is 1. The van der Waals surface area contributed by atoms with Gasteiger partial charge in [0.05, 0.1) is 0 Å². The van der Waals surface area contributed by atoms with Gasteiger partial charge in [0.2, 0.25) is 0 Å². The minimum atomic E-state index is -0.531. The average Bonchev–Trinajstić information content (AvgIpc) is 3.10. The molecule has 2 atom stereocenters. The second-order valence-electron chi connectivity index (χ2n) is 5.76. The van der Waals surface area contributed by atoms with Crippen LogP contribution in [0.4, 0.5) is 4.39 Å². The summed E-state index contributed by atoms with van der Waals surface area (Å²) in [6.07, 6.45) is 3.43. The number of carbonyl (C=O) groups excluding carboxylic acids is 1. The van der Waals surface area contributed by atoms with Crippen LogP contribution < -0.4 is 4.74 Å². The smallest absolute Gasteiger partial charge is 0.264 e. The summed E-state index contributed by atoms with van der Waals surface area (Å²) >= 11 is 0. The van der Waals surface area contributed by atoms with Gasteiger partial charge in [-0.05, 0) is 43.9 Å². The maximum atomic E-state index is 13.2. The van der Waals surface area contributed by atoms with Gasteiger partial charge in [0.25, 0.3) is 5.91 Å². The number of fused-ring (bicyclic) bond motifs is 1. The van der Waals surface area contributed by atoms with E-state index in [2.05, 4.69) is 0 Å². The van der Waals surface area contributed by atoms with Crippen molar-refractivity contribution in [2.24, 2.45) is 0 Å². The highest BCUT2D eigenvalue weighted by atomic mass is 19.1. The van der Waals surface area contributed by atoms with Crippen molar-refractivity contribution in [2.45, 2.75) is 44.2 Å². The first-order valence-electron chi connectivity index (χ1n) is 7.55. The first kappa shape index (κ1) is 14.3. The fraction of sp³-hybridized carbons (Fsp3) is 0.562. The first-order valence-corrected chi connectivity index (χ1v) is 7.55. The van der Waals surface area contributed by atoms with Gasteiger partial charge in [-0.15, -0.1) is 0 Å². The van der Waals surface area contributed by atoms with Gasteiger partial charge in [-0.1, -0.05) is 0 Å². The largest absolute Gasteiger partial charge is 0.480 e.